The second-order valence-corrected chi connectivity index (χ2v) is 5.55. The van der Waals surface area contributed by atoms with E-state index in [0.717, 1.165) is 16.8 Å². The summed E-state index contributed by atoms with van der Waals surface area (Å²) in [4.78, 5) is 15.9. The molecule has 0 saturated heterocycles. The van der Waals surface area contributed by atoms with Gasteiger partial charge in [-0.05, 0) is 42.3 Å². The van der Waals surface area contributed by atoms with E-state index in [-0.39, 0.29) is 18.1 Å². The van der Waals surface area contributed by atoms with Gasteiger partial charge in [0.05, 0.1) is 18.5 Å². The summed E-state index contributed by atoms with van der Waals surface area (Å²) in [7, 11) is 0. The molecule has 2 aromatic carbocycles. The Morgan fingerprint density at radius 1 is 1.16 bits per heavy atom. The first-order chi connectivity index (χ1) is 12.1. The summed E-state index contributed by atoms with van der Waals surface area (Å²) >= 11 is 0. The summed E-state index contributed by atoms with van der Waals surface area (Å²) in [5.41, 5.74) is 5.86. The smallest absolute Gasteiger partial charge is 0.244 e. The van der Waals surface area contributed by atoms with Crippen LogP contribution in [0.25, 0.3) is 5.69 Å². The van der Waals surface area contributed by atoms with E-state index < -0.39 is 0 Å². The van der Waals surface area contributed by atoms with Crippen LogP contribution < -0.4 is 5.43 Å². The fourth-order valence-corrected chi connectivity index (χ4v) is 2.32. The molecule has 0 aliphatic rings. The number of hydrogen-bond acceptors (Lipinski definition) is 3. The molecule has 3 rings (SSSR count). The molecule has 126 valence electrons. The Hall–Kier alpha value is -3.28. The summed E-state index contributed by atoms with van der Waals surface area (Å²) in [6.45, 7) is 1.82. The second-order valence-electron chi connectivity index (χ2n) is 5.55. The molecule has 0 radical (unpaired) electrons. The minimum Gasteiger partial charge on any atom is -0.306 e. The van der Waals surface area contributed by atoms with Gasteiger partial charge in [0.25, 0.3) is 0 Å². The van der Waals surface area contributed by atoms with Crippen LogP contribution in [0.2, 0.25) is 0 Å². The van der Waals surface area contributed by atoms with Crippen LogP contribution in [0.5, 0.6) is 0 Å². The lowest BCUT2D eigenvalue weighted by Gasteiger charge is -2.06. The van der Waals surface area contributed by atoms with Gasteiger partial charge in [-0.1, -0.05) is 24.3 Å². The molecule has 1 aromatic heterocycles. The molecule has 0 atom stereocenters. The zero-order chi connectivity index (χ0) is 17.6. The Labute approximate surface area is 144 Å². The van der Waals surface area contributed by atoms with Crippen molar-refractivity contribution in [3.05, 3.63) is 84.2 Å². The molecule has 0 spiro atoms. The van der Waals surface area contributed by atoms with Crippen LogP contribution in [0.15, 0.2) is 72.4 Å². The maximum atomic E-state index is 12.9. The fraction of sp³-hybridized carbons (Fsp3) is 0.105. The summed E-state index contributed by atoms with van der Waals surface area (Å²) in [6.07, 6.45) is 5.46. The number of hydrogen-bond donors (Lipinski definition) is 1. The molecule has 6 heteroatoms. The Balaban J connectivity index is 1.61. The number of carbonyl (C=O) groups excluding carboxylic acids is 1. The van der Waals surface area contributed by atoms with Gasteiger partial charge in [0.15, 0.2) is 0 Å². The zero-order valence-electron chi connectivity index (χ0n) is 13.7. The lowest BCUT2D eigenvalue weighted by atomic mass is 10.1. The number of halogens is 1. The number of hydrazone groups is 1. The van der Waals surface area contributed by atoms with Gasteiger partial charge >= 0.3 is 0 Å². The molecule has 0 aliphatic carbocycles. The molecule has 0 unspecified atom stereocenters. The van der Waals surface area contributed by atoms with Gasteiger partial charge in [0.2, 0.25) is 5.91 Å². The number of nitrogens with zero attached hydrogens (tertiary/aromatic N) is 3. The molecule has 0 saturated carbocycles. The van der Waals surface area contributed by atoms with Gasteiger partial charge < -0.3 is 4.57 Å². The maximum Gasteiger partial charge on any atom is 0.244 e. The Morgan fingerprint density at radius 3 is 2.52 bits per heavy atom. The van der Waals surface area contributed by atoms with Crippen LogP contribution >= 0.6 is 0 Å². The van der Waals surface area contributed by atoms with Gasteiger partial charge in [-0.3, -0.25) is 4.79 Å². The van der Waals surface area contributed by atoms with Crippen molar-refractivity contribution in [2.45, 2.75) is 13.3 Å². The van der Waals surface area contributed by atoms with Crippen molar-refractivity contribution in [1.82, 2.24) is 15.0 Å². The van der Waals surface area contributed by atoms with Crippen LogP contribution in [0.1, 0.15) is 18.1 Å². The highest BCUT2D eigenvalue weighted by Gasteiger charge is 2.04. The first-order valence-electron chi connectivity index (χ1n) is 7.78. The Kier molecular flexibility index (Phi) is 4.99. The van der Waals surface area contributed by atoms with Crippen LogP contribution in [0, 0.1) is 5.82 Å². The van der Waals surface area contributed by atoms with E-state index in [1.807, 2.05) is 42.0 Å². The molecule has 0 bridgehead atoms. The average molecular weight is 336 g/mol. The standard InChI is InChI=1S/C19H17FN4O/c1-14(16-4-8-18(9-5-16)24-11-10-21-13-24)22-23-19(25)12-15-2-6-17(20)7-3-15/h2-11,13H,12H2,1H3,(H,23,25)/b22-14+. The first kappa shape index (κ1) is 16.6. The highest BCUT2D eigenvalue weighted by molar-refractivity contribution is 5.99. The summed E-state index contributed by atoms with van der Waals surface area (Å²) in [6, 6.07) is 13.6. The quantitative estimate of drug-likeness (QED) is 0.575. The highest BCUT2D eigenvalue weighted by Crippen LogP contribution is 2.10. The van der Waals surface area contributed by atoms with Crippen molar-refractivity contribution in [3.63, 3.8) is 0 Å². The molecule has 25 heavy (non-hydrogen) atoms. The van der Waals surface area contributed by atoms with E-state index in [0.29, 0.717) is 5.71 Å². The van der Waals surface area contributed by atoms with Crippen LogP contribution in [-0.4, -0.2) is 21.2 Å². The van der Waals surface area contributed by atoms with Crippen molar-refractivity contribution < 1.29 is 9.18 Å². The molecule has 0 fully saturated rings. The SMILES string of the molecule is C/C(=N\NC(=O)Cc1ccc(F)cc1)c1ccc(-n2ccnc2)cc1. The Morgan fingerprint density at radius 2 is 1.88 bits per heavy atom. The molecule has 1 heterocycles. The predicted octanol–water partition coefficient (Wildman–Crippen LogP) is 3.09. The number of imidazole rings is 1. The summed E-state index contributed by atoms with van der Waals surface area (Å²) < 4.78 is 14.8. The van der Waals surface area contributed by atoms with E-state index in [1.54, 1.807) is 24.7 Å². The van der Waals surface area contributed by atoms with Crippen molar-refractivity contribution in [3.8, 4) is 5.69 Å². The Bertz CT molecular complexity index is 869. The number of amides is 1. The average Bonchev–Trinajstić information content (AvgIpc) is 3.16. The predicted molar refractivity (Wildman–Crippen MR) is 94.0 cm³/mol. The first-order valence-corrected chi connectivity index (χ1v) is 7.78. The number of rotatable bonds is 5. The van der Waals surface area contributed by atoms with E-state index >= 15 is 0 Å². The minimum absolute atomic E-state index is 0.149. The van der Waals surface area contributed by atoms with Gasteiger partial charge in [-0.15, -0.1) is 0 Å². The van der Waals surface area contributed by atoms with Crippen LogP contribution in [-0.2, 0) is 11.2 Å². The normalized spacial score (nSPS) is 11.4. The molecule has 0 aliphatic heterocycles. The monoisotopic (exact) mass is 336 g/mol. The highest BCUT2D eigenvalue weighted by atomic mass is 19.1. The molecule has 1 N–H and O–H groups in total. The van der Waals surface area contributed by atoms with Crippen molar-refractivity contribution in [2.24, 2.45) is 5.10 Å². The lowest BCUT2D eigenvalue weighted by molar-refractivity contribution is -0.120. The van der Waals surface area contributed by atoms with Crippen molar-refractivity contribution >= 4 is 11.6 Å². The topological polar surface area (TPSA) is 59.3 Å². The number of aromatic nitrogens is 2. The third-order valence-corrected chi connectivity index (χ3v) is 3.71. The minimum atomic E-state index is -0.322. The van der Waals surface area contributed by atoms with Gasteiger partial charge in [-0.25, -0.2) is 14.8 Å². The largest absolute Gasteiger partial charge is 0.306 e. The molecular weight excluding hydrogens is 319 g/mol. The number of nitrogens with one attached hydrogen (secondary N) is 1. The zero-order valence-corrected chi connectivity index (χ0v) is 13.7. The molecule has 5 nitrogen and oxygen atoms in total. The summed E-state index contributed by atoms with van der Waals surface area (Å²) in [5.74, 6) is -0.571. The number of benzene rings is 2. The van der Waals surface area contributed by atoms with Crippen LogP contribution in [0.4, 0.5) is 4.39 Å². The van der Waals surface area contributed by atoms with E-state index in [1.165, 1.54) is 12.1 Å². The maximum absolute atomic E-state index is 12.9. The van der Waals surface area contributed by atoms with Gasteiger partial charge in [0, 0.05) is 18.1 Å². The van der Waals surface area contributed by atoms with Gasteiger partial charge in [-0.2, -0.15) is 5.10 Å². The summed E-state index contributed by atoms with van der Waals surface area (Å²) in [5, 5.41) is 4.12. The molecule has 1 amide bonds. The third-order valence-electron chi connectivity index (χ3n) is 3.71. The van der Waals surface area contributed by atoms with Crippen molar-refractivity contribution in [2.75, 3.05) is 0 Å². The fourth-order valence-electron chi connectivity index (χ4n) is 2.32. The molecule has 3 aromatic rings. The van der Waals surface area contributed by atoms with Crippen LogP contribution in [0.3, 0.4) is 0 Å². The van der Waals surface area contributed by atoms with Gasteiger partial charge in [0.1, 0.15) is 5.82 Å². The van der Waals surface area contributed by atoms with E-state index in [2.05, 4.69) is 15.5 Å². The molecular formula is C19H17FN4O. The van der Waals surface area contributed by atoms with Crippen molar-refractivity contribution in [1.29, 1.82) is 0 Å². The lowest BCUT2D eigenvalue weighted by Crippen LogP contribution is -2.21. The van der Waals surface area contributed by atoms with E-state index in [9.17, 15) is 9.18 Å². The van der Waals surface area contributed by atoms with E-state index in [4.69, 9.17) is 0 Å². The third kappa shape index (κ3) is 4.38. The number of carbonyl (C=O) groups is 1. The second kappa shape index (κ2) is 7.53.